The van der Waals surface area contributed by atoms with Crippen LogP contribution in [0.3, 0.4) is 0 Å². The molecule has 0 atom stereocenters. The molecule has 0 amide bonds. The van der Waals surface area contributed by atoms with Crippen molar-refractivity contribution in [3.05, 3.63) is 107 Å². The first-order valence-electron chi connectivity index (χ1n) is 8.76. The van der Waals surface area contributed by atoms with Gasteiger partial charge in [-0.25, -0.2) is 8.42 Å². The van der Waals surface area contributed by atoms with Crippen LogP contribution in [0.15, 0.2) is 105 Å². The summed E-state index contributed by atoms with van der Waals surface area (Å²) >= 11 is 5.96. The van der Waals surface area contributed by atoms with Crippen LogP contribution >= 0.6 is 11.6 Å². The monoisotopic (exact) mass is 422 g/mol. The molecule has 0 aliphatic rings. The van der Waals surface area contributed by atoms with Crippen LogP contribution in [-0.2, 0) is 9.84 Å². The van der Waals surface area contributed by atoms with Crippen LogP contribution in [0.4, 0.5) is 0 Å². The molecule has 0 N–H and O–H groups in total. The van der Waals surface area contributed by atoms with Gasteiger partial charge in [-0.05, 0) is 36.4 Å². The number of rotatable bonds is 5. The topological polar surface area (TPSA) is 64.3 Å². The second-order valence-corrected chi connectivity index (χ2v) is 8.65. The molecule has 0 spiro atoms. The van der Waals surface area contributed by atoms with E-state index in [2.05, 4.69) is 0 Å². The van der Waals surface area contributed by atoms with E-state index in [4.69, 9.17) is 16.0 Å². The lowest BCUT2D eigenvalue weighted by molar-refractivity contribution is 0.103. The van der Waals surface area contributed by atoms with Crippen molar-refractivity contribution in [1.29, 1.82) is 0 Å². The van der Waals surface area contributed by atoms with Gasteiger partial charge < -0.3 is 4.42 Å². The van der Waals surface area contributed by atoms with Gasteiger partial charge in [-0.1, -0.05) is 60.1 Å². The van der Waals surface area contributed by atoms with Gasteiger partial charge in [0, 0.05) is 16.1 Å². The van der Waals surface area contributed by atoms with Crippen LogP contribution in [0, 0.1) is 0 Å². The van der Waals surface area contributed by atoms with Gasteiger partial charge in [0.2, 0.25) is 9.84 Å². The molecule has 29 heavy (non-hydrogen) atoms. The standard InChI is InChI=1S/C23H15ClO4S/c24-18-13-11-17(12-14-18)22-23(29(26,27)19-9-5-2-6-10-19)20(15-28-22)21(25)16-7-3-1-4-8-16/h1-15H. The first-order chi connectivity index (χ1) is 14.0. The number of hydrogen-bond acceptors (Lipinski definition) is 4. The van der Waals surface area contributed by atoms with Gasteiger partial charge in [0.15, 0.2) is 11.5 Å². The molecule has 4 nitrogen and oxygen atoms in total. The van der Waals surface area contributed by atoms with Crippen molar-refractivity contribution in [3.63, 3.8) is 0 Å². The Morgan fingerprint density at radius 3 is 2.00 bits per heavy atom. The summed E-state index contributed by atoms with van der Waals surface area (Å²) in [6.45, 7) is 0. The molecule has 144 valence electrons. The van der Waals surface area contributed by atoms with Crippen molar-refractivity contribution in [1.82, 2.24) is 0 Å². The number of halogens is 1. The quantitative estimate of drug-likeness (QED) is 0.389. The molecular weight excluding hydrogens is 408 g/mol. The van der Waals surface area contributed by atoms with E-state index in [1.165, 1.54) is 18.4 Å². The Labute approximate surface area is 173 Å². The van der Waals surface area contributed by atoms with E-state index < -0.39 is 15.6 Å². The van der Waals surface area contributed by atoms with Crippen LogP contribution in [0.5, 0.6) is 0 Å². The third kappa shape index (κ3) is 3.62. The lowest BCUT2D eigenvalue weighted by Crippen LogP contribution is -2.09. The molecule has 0 bridgehead atoms. The summed E-state index contributed by atoms with van der Waals surface area (Å²) in [5.74, 6) is -0.325. The van der Waals surface area contributed by atoms with Crippen molar-refractivity contribution in [2.24, 2.45) is 0 Å². The Kier molecular flexibility index (Phi) is 5.09. The zero-order valence-electron chi connectivity index (χ0n) is 15.1. The molecular formula is C23H15ClO4S. The van der Waals surface area contributed by atoms with Crippen LogP contribution in [0.2, 0.25) is 5.02 Å². The van der Waals surface area contributed by atoms with E-state index in [0.29, 0.717) is 16.1 Å². The molecule has 0 aliphatic carbocycles. The number of benzene rings is 3. The van der Waals surface area contributed by atoms with E-state index in [1.807, 2.05) is 0 Å². The van der Waals surface area contributed by atoms with Gasteiger partial charge in [0.25, 0.3) is 0 Å². The number of carbonyl (C=O) groups excluding carboxylic acids is 1. The maximum atomic E-state index is 13.5. The predicted octanol–water partition coefficient (Wildman–Crippen LogP) is 5.66. The maximum absolute atomic E-state index is 13.5. The molecule has 4 aromatic rings. The summed E-state index contributed by atoms with van der Waals surface area (Å²) in [6, 6.07) is 23.1. The first-order valence-corrected chi connectivity index (χ1v) is 10.6. The molecule has 0 fully saturated rings. The molecule has 0 saturated carbocycles. The zero-order chi connectivity index (χ0) is 20.4. The molecule has 1 heterocycles. The van der Waals surface area contributed by atoms with Crippen molar-refractivity contribution >= 4 is 27.2 Å². The van der Waals surface area contributed by atoms with Gasteiger partial charge in [0.05, 0.1) is 10.5 Å². The molecule has 0 saturated heterocycles. The van der Waals surface area contributed by atoms with Gasteiger partial charge in [-0.15, -0.1) is 0 Å². The normalized spacial score (nSPS) is 11.3. The molecule has 6 heteroatoms. The Morgan fingerprint density at radius 1 is 0.793 bits per heavy atom. The highest BCUT2D eigenvalue weighted by Gasteiger charge is 2.32. The van der Waals surface area contributed by atoms with Gasteiger partial charge in [0.1, 0.15) is 11.2 Å². The van der Waals surface area contributed by atoms with E-state index in [-0.39, 0.29) is 21.1 Å². The average Bonchev–Trinajstić information content (AvgIpc) is 3.21. The highest BCUT2D eigenvalue weighted by molar-refractivity contribution is 7.91. The fourth-order valence-corrected chi connectivity index (χ4v) is 4.75. The summed E-state index contributed by atoms with van der Waals surface area (Å²) in [5.41, 5.74) is 0.876. The number of ketones is 1. The van der Waals surface area contributed by atoms with Crippen LogP contribution in [0.25, 0.3) is 11.3 Å². The van der Waals surface area contributed by atoms with E-state index >= 15 is 0 Å². The third-order valence-electron chi connectivity index (χ3n) is 4.45. The second-order valence-electron chi connectivity index (χ2n) is 6.33. The fraction of sp³-hybridized carbons (Fsp3) is 0. The molecule has 0 unspecified atom stereocenters. The summed E-state index contributed by atoms with van der Waals surface area (Å²) in [7, 11) is -4.02. The molecule has 0 radical (unpaired) electrons. The summed E-state index contributed by atoms with van der Waals surface area (Å²) < 4.78 is 32.6. The van der Waals surface area contributed by atoms with Gasteiger partial charge in [-0.3, -0.25) is 4.79 Å². The number of carbonyl (C=O) groups is 1. The fourth-order valence-electron chi connectivity index (χ4n) is 3.03. The van der Waals surface area contributed by atoms with Crippen LogP contribution in [0.1, 0.15) is 15.9 Å². The van der Waals surface area contributed by atoms with Crippen molar-refractivity contribution in [2.45, 2.75) is 9.79 Å². The molecule has 3 aromatic carbocycles. The average molecular weight is 423 g/mol. The van der Waals surface area contributed by atoms with Crippen molar-refractivity contribution in [2.75, 3.05) is 0 Å². The zero-order valence-corrected chi connectivity index (χ0v) is 16.7. The van der Waals surface area contributed by atoms with Gasteiger partial charge in [-0.2, -0.15) is 0 Å². The van der Waals surface area contributed by atoms with E-state index in [0.717, 1.165) is 0 Å². The minimum Gasteiger partial charge on any atom is -0.462 e. The summed E-state index contributed by atoms with van der Waals surface area (Å²) in [6.07, 6.45) is 1.20. The number of sulfone groups is 1. The number of hydrogen-bond donors (Lipinski definition) is 0. The van der Waals surface area contributed by atoms with E-state index in [1.54, 1.807) is 72.8 Å². The second kappa shape index (κ2) is 7.70. The Hall–Kier alpha value is -3.15. The smallest absolute Gasteiger partial charge is 0.211 e. The summed E-state index contributed by atoms with van der Waals surface area (Å²) in [4.78, 5) is 13.0. The highest BCUT2D eigenvalue weighted by atomic mass is 35.5. The molecule has 0 aliphatic heterocycles. The van der Waals surface area contributed by atoms with Crippen molar-refractivity contribution < 1.29 is 17.6 Å². The largest absolute Gasteiger partial charge is 0.462 e. The first kappa shape index (κ1) is 19.2. The molecule has 4 rings (SSSR count). The SMILES string of the molecule is O=C(c1ccccc1)c1coc(-c2ccc(Cl)cc2)c1S(=O)(=O)c1ccccc1. The minimum atomic E-state index is -4.02. The van der Waals surface area contributed by atoms with E-state index in [9.17, 15) is 13.2 Å². The maximum Gasteiger partial charge on any atom is 0.211 e. The summed E-state index contributed by atoms with van der Waals surface area (Å²) in [5, 5.41) is 0.508. The lowest BCUT2D eigenvalue weighted by atomic mass is 10.0. The lowest BCUT2D eigenvalue weighted by Gasteiger charge is -2.08. The van der Waals surface area contributed by atoms with Gasteiger partial charge >= 0.3 is 0 Å². The Bertz CT molecular complexity index is 1260. The Morgan fingerprint density at radius 2 is 1.38 bits per heavy atom. The molecule has 1 aromatic heterocycles. The predicted molar refractivity (Wildman–Crippen MR) is 111 cm³/mol. The number of furan rings is 1. The Balaban J connectivity index is 1.96. The minimum absolute atomic E-state index is 0.00926. The van der Waals surface area contributed by atoms with Crippen LogP contribution < -0.4 is 0 Å². The highest BCUT2D eigenvalue weighted by Crippen LogP contribution is 2.37. The van der Waals surface area contributed by atoms with Crippen LogP contribution in [-0.4, -0.2) is 14.2 Å². The van der Waals surface area contributed by atoms with Crippen molar-refractivity contribution in [3.8, 4) is 11.3 Å². The third-order valence-corrected chi connectivity index (χ3v) is 6.54.